The highest BCUT2D eigenvalue weighted by Gasteiger charge is 2.04. The van der Waals surface area contributed by atoms with Gasteiger partial charge in [0, 0.05) is 10.7 Å². The van der Waals surface area contributed by atoms with Crippen molar-refractivity contribution in [3.63, 3.8) is 0 Å². The van der Waals surface area contributed by atoms with Gasteiger partial charge in [-0.05, 0) is 34.1 Å². The van der Waals surface area contributed by atoms with Gasteiger partial charge < -0.3 is 11.1 Å². The summed E-state index contributed by atoms with van der Waals surface area (Å²) in [4.78, 5) is 4.13. The average molecular weight is 299 g/mol. The zero-order valence-electron chi connectivity index (χ0n) is 8.24. The number of nitrogen functional groups attached to an aromatic ring is 1. The maximum atomic E-state index is 5.79. The molecule has 82 valence electrons. The molecule has 16 heavy (non-hydrogen) atoms. The molecule has 3 nitrogen and oxygen atoms in total. The number of halogens is 2. The normalized spacial score (nSPS) is 10.1. The summed E-state index contributed by atoms with van der Waals surface area (Å²) >= 11 is 9.21. The smallest absolute Gasteiger partial charge is 0.153 e. The Bertz CT molecular complexity index is 516. The van der Waals surface area contributed by atoms with Crippen LogP contribution in [0, 0.1) is 0 Å². The molecule has 5 heteroatoms. The molecular formula is C11H9BrClN3. The molecule has 1 aromatic heterocycles. The molecule has 0 aliphatic heterocycles. The van der Waals surface area contributed by atoms with Crippen molar-refractivity contribution in [3.8, 4) is 0 Å². The number of aromatic nitrogens is 1. The van der Waals surface area contributed by atoms with Crippen LogP contribution in [0.25, 0.3) is 0 Å². The molecule has 0 saturated heterocycles. The molecule has 0 aliphatic carbocycles. The minimum atomic E-state index is 0.517. The van der Waals surface area contributed by atoms with E-state index in [2.05, 4.69) is 26.2 Å². The van der Waals surface area contributed by atoms with Gasteiger partial charge in [-0.15, -0.1) is 0 Å². The Balaban J connectivity index is 2.31. The molecule has 0 spiro atoms. The number of hydrogen-bond donors (Lipinski definition) is 2. The van der Waals surface area contributed by atoms with Crippen LogP contribution in [0.2, 0.25) is 5.02 Å². The van der Waals surface area contributed by atoms with Crippen molar-refractivity contribution in [1.82, 2.24) is 4.98 Å². The van der Waals surface area contributed by atoms with Crippen LogP contribution < -0.4 is 11.1 Å². The summed E-state index contributed by atoms with van der Waals surface area (Å²) in [6.45, 7) is 0. The van der Waals surface area contributed by atoms with E-state index in [1.54, 1.807) is 12.3 Å². The lowest BCUT2D eigenvalue weighted by atomic mass is 10.3. The molecule has 1 heterocycles. The highest BCUT2D eigenvalue weighted by molar-refractivity contribution is 9.10. The van der Waals surface area contributed by atoms with Gasteiger partial charge in [-0.1, -0.05) is 23.7 Å². The molecule has 0 saturated carbocycles. The van der Waals surface area contributed by atoms with Crippen molar-refractivity contribution in [3.05, 3.63) is 46.0 Å². The molecule has 0 unspecified atom stereocenters. The Kier molecular flexibility index (Phi) is 3.31. The Labute approximate surface area is 107 Å². The van der Waals surface area contributed by atoms with Crippen LogP contribution in [0.5, 0.6) is 0 Å². The van der Waals surface area contributed by atoms with Gasteiger partial charge in [-0.25, -0.2) is 4.98 Å². The molecule has 0 bridgehead atoms. The summed E-state index contributed by atoms with van der Waals surface area (Å²) < 4.78 is 0.950. The fourth-order valence-electron chi connectivity index (χ4n) is 1.25. The number of nitrogens with two attached hydrogens (primary N) is 1. The van der Waals surface area contributed by atoms with E-state index in [4.69, 9.17) is 17.3 Å². The second kappa shape index (κ2) is 4.72. The van der Waals surface area contributed by atoms with Crippen LogP contribution in [0.3, 0.4) is 0 Å². The van der Waals surface area contributed by atoms with Crippen molar-refractivity contribution in [1.29, 1.82) is 0 Å². The van der Waals surface area contributed by atoms with Gasteiger partial charge in [-0.2, -0.15) is 0 Å². The molecule has 0 aliphatic rings. The van der Waals surface area contributed by atoms with E-state index in [0.717, 1.165) is 10.2 Å². The largest absolute Gasteiger partial charge is 0.396 e. The summed E-state index contributed by atoms with van der Waals surface area (Å²) in [6.07, 6.45) is 1.55. The lowest BCUT2D eigenvalue weighted by Crippen LogP contribution is -1.99. The third-order valence-electron chi connectivity index (χ3n) is 2.01. The first-order chi connectivity index (χ1) is 7.66. The predicted molar refractivity (Wildman–Crippen MR) is 71.1 cm³/mol. The fraction of sp³-hybridized carbons (Fsp3) is 0. The summed E-state index contributed by atoms with van der Waals surface area (Å²) in [5, 5.41) is 3.65. The highest BCUT2D eigenvalue weighted by Crippen LogP contribution is 2.27. The van der Waals surface area contributed by atoms with Crippen LogP contribution in [-0.2, 0) is 0 Å². The predicted octanol–water partition coefficient (Wildman–Crippen LogP) is 3.82. The van der Waals surface area contributed by atoms with Gasteiger partial charge in [0.25, 0.3) is 0 Å². The van der Waals surface area contributed by atoms with Gasteiger partial charge in [0.05, 0.1) is 16.4 Å². The lowest BCUT2D eigenvalue weighted by molar-refractivity contribution is 1.31. The number of para-hydroxylation sites is 1. The third kappa shape index (κ3) is 2.46. The number of anilines is 3. The molecule has 1 aromatic carbocycles. The lowest BCUT2D eigenvalue weighted by Gasteiger charge is -2.09. The molecule has 0 radical (unpaired) electrons. The van der Waals surface area contributed by atoms with Crippen LogP contribution in [0.15, 0.2) is 41.0 Å². The molecule has 2 rings (SSSR count). The Morgan fingerprint density at radius 3 is 2.75 bits per heavy atom. The molecule has 0 fully saturated rings. The molecule has 3 N–H and O–H groups in total. The van der Waals surface area contributed by atoms with Crippen LogP contribution in [0.1, 0.15) is 0 Å². The highest BCUT2D eigenvalue weighted by atomic mass is 79.9. The minimum absolute atomic E-state index is 0.517. The Hall–Kier alpha value is -1.26. The first kappa shape index (κ1) is 11.2. The SMILES string of the molecule is Nc1cc(Cl)cnc1Nc1ccccc1Br. The van der Waals surface area contributed by atoms with E-state index in [1.807, 2.05) is 24.3 Å². The van der Waals surface area contributed by atoms with E-state index >= 15 is 0 Å². The molecule has 0 amide bonds. The summed E-state index contributed by atoms with van der Waals surface area (Å²) in [5.41, 5.74) is 7.22. The molecule has 0 atom stereocenters. The maximum absolute atomic E-state index is 5.79. The first-order valence-electron chi connectivity index (χ1n) is 4.59. The zero-order chi connectivity index (χ0) is 11.5. The number of nitrogens with zero attached hydrogens (tertiary/aromatic N) is 1. The zero-order valence-corrected chi connectivity index (χ0v) is 10.6. The van der Waals surface area contributed by atoms with Gasteiger partial charge in [0.2, 0.25) is 0 Å². The second-order valence-electron chi connectivity index (χ2n) is 3.20. The quantitative estimate of drug-likeness (QED) is 0.886. The summed E-state index contributed by atoms with van der Waals surface area (Å²) in [6, 6.07) is 9.40. The number of nitrogens with one attached hydrogen (secondary N) is 1. The standard InChI is InChI=1S/C11H9BrClN3/c12-8-3-1-2-4-10(8)16-11-9(14)5-7(13)6-15-11/h1-6H,14H2,(H,15,16). The van der Waals surface area contributed by atoms with Crippen LogP contribution >= 0.6 is 27.5 Å². The number of pyridine rings is 1. The van der Waals surface area contributed by atoms with Gasteiger partial charge >= 0.3 is 0 Å². The molecular weight excluding hydrogens is 289 g/mol. The van der Waals surface area contributed by atoms with Gasteiger partial charge in [-0.3, -0.25) is 0 Å². The topological polar surface area (TPSA) is 50.9 Å². The average Bonchev–Trinajstić information content (AvgIpc) is 2.25. The third-order valence-corrected chi connectivity index (χ3v) is 2.91. The van der Waals surface area contributed by atoms with Crippen molar-refractivity contribution in [2.75, 3.05) is 11.1 Å². The van der Waals surface area contributed by atoms with Crippen molar-refractivity contribution < 1.29 is 0 Å². The monoisotopic (exact) mass is 297 g/mol. The number of hydrogen-bond acceptors (Lipinski definition) is 3. The van der Waals surface area contributed by atoms with Crippen LogP contribution in [-0.4, -0.2) is 4.98 Å². The number of benzene rings is 1. The van der Waals surface area contributed by atoms with Crippen LogP contribution in [0.4, 0.5) is 17.2 Å². The van der Waals surface area contributed by atoms with E-state index in [0.29, 0.717) is 16.5 Å². The van der Waals surface area contributed by atoms with Crippen molar-refractivity contribution in [2.45, 2.75) is 0 Å². The van der Waals surface area contributed by atoms with Crippen molar-refractivity contribution in [2.24, 2.45) is 0 Å². The van der Waals surface area contributed by atoms with Gasteiger partial charge in [0.15, 0.2) is 5.82 Å². The maximum Gasteiger partial charge on any atom is 0.153 e. The fourth-order valence-corrected chi connectivity index (χ4v) is 1.80. The molecule has 2 aromatic rings. The van der Waals surface area contributed by atoms with E-state index < -0.39 is 0 Å². The summed E-state index contributed by atoms with van der Waals surface area (Å²) in [7, 11) is 0. The van der Waals surface area contributed by atoms with Crippen molar-refractivity contribution >= 4 is 44.7 Å². The van der Waals surface area contributed by atoms with E-state index in [9.17, 15) is 0 Å². The summed E-state index contributed by atoms with van der Waals surface area (Å²) in [5.74, 6) is 0.594. The number of rotatable bonds is 2. The van der Waals surface area contributed by atoms with Gasteiger partial charge in [0.1, 0.15) is 0 Å². The Morgan fingerprint density at radius 1 is 1.31 bits per heavy atom. The van der Waals surface area contributed by atoms with E-state index in [-0.39, 0.29) is 0 Å². The minimum Gasteiger partial charge on any atom is -0.396 e. The second-order valence-corrected chi connectivity index (χ2v) is 4.49. The van der Waals surface area contributed by atoms with E-state index in [1.165, 1.54) is 0 Å². The first-order valence-corrected chi connectivity index (χ1v) is 5.76. The Morgan fingerprint density at radius 2 is 2.06 bits per heavy atom.